The standard InChI is InChI=1S/C34H24O2/c1-2-33(35,27-12-5-3-6-13-27)28-19-21-30(22-20-28)34(29-14-7-4-8-15-29)24-23-26-18-17-25-11-9-10-16-31(25)32(26)36-34/h1,3-24,35H. The van der Waals surface area contributed by atoms with Gasteiger partial charge in [-0.3, -0.25) is 0 Å². The first kappa shape index (κ1) is 21.9. The molecule has 2 heteroatoms. The molecular formula is C34H24O2. The van der Waals surface area contributed by atoms with Crippen molar-refractivity contribution < 1.29 is 9.84 Å². The molecule has 172 valence electrons. The van der Waals surface area contributed by atoms with Crippen LogP contribution >= 0.6 is 0 Å². The number of hydrogen-bond acceptors (Lipinski definition) is 2. The van der Waals surface area contributed by atoms with Crippen LogP contribution < -0.4 is 4.74 Å². The van der Waals surface area contributed by atoms with Crippen LogP contribution in [-0.2, 0) is 11.2 Å². The Morgan fingerprint density at radius 3 is 2.00 bits per heavy atom. The molecule has 5 aromatic rings. The molecule has 1 heterocycles. The summed E-state index contributed by atoms with van der Waals surface area (Å²) in [6, 6.07) is 39.8. The van der Waals surface area contributed by atoms with Crippen LogP contribution in [0.2, 0.25) is 0 Å². The molecule has 0 amide bonds. The summed E-state index contributed by atoms with van der Waals surface area (Å²) in [4.78, 5) is 0. The summed E-state index contributed by atoms with van der Waals surface area (Å²) in [5.41, 5.74) is 1.94. The van der Waals surface area contributed by atoms with E-state index >= 15 is 0 Å². The fourth-order valence-electron chi connectivity index (χ4n) is 5.04. The smallest absolute Gasteiger partial charge is 0.178 e. The molecule has 0 aliphatic carbocycles. The summed E-state index contributed by atoms with van der Waals surface area (Å²) in [5, 5.41) is 13.6. The Bertz CT molecular complexity index is 1610. The Labute approximate surface area is 211 Å². The lowest BCUT2D eigenvalue weighted by atomic mass is 9.81. The maximum atomic E-state index is 11.4. The largest absolute Gasteiger partial charge is 0.472 e. The highest BCUT2D eigenvalue weighted by Crippen LogP contribution is 2.45. The molecule has 5 aromatic carbocycles. The summed E-state index contributed by atoms with van der Waals surface area (Å²) in [6.45, 7) is 0. The van der Waals surface area contributed by atoms with Crippen molar-refractivity contribution >= 4 is 16.8 Å². The average molecular weight is 465 g/mol. The van der Waals surface area contributed by atoms with Gasteiger partial charge in [0, 0.05) is 33.2 Å². The Hall–Kier alpha value is -4.58. The van der Waals surface area contributed by atoms with Gasteiger partial charge in [0.2, 0.25) is 0 Å². The Kier molecular flexibility index (Phi) is 5.22. The molecule has 2 unspecified atom stereocenters. The number of fused-ring (bicyclic) bond motifs is 3. The van der Waals surface area contributed by atoms with Gasteiger partial charge < -0.3 is 9.84 Å². The molecule has 0 bridgehead atoms. The van der Waals surface area contributed by atoms with E-state index in [2.05, 4.69) is 54.5 Å². The highest BCUT2D eigenvalue weighted by Gasteiger charge is 2.38. The first-order valence-electron chi connectivity index (χ1n) is 12.0. The molecule has 1 aliphatic heterocycles. The molecule has 2 nitrogen and oxygen atoms in total. The Balaban J connectivity index is 1.50. The van der Waals surface area contributed by atoms with Gasteiger partial charge in [-0.15, -0.1) is 6.42 Å². The van der Waals surface area contributed by atoms with Gasteiger partial charge >= 0.3 is 0 Å². The van der Waals surface area contributed by atoms with Crippen LogP contribution in [0.15, 0.2) is 127 Å². The van der Waals surface area contributed by atoms with Gasteiger partial charge in [0.1, 0.15) is 5.75 Å². The number of hydrogen-bond donors (Lipinski definition) is 1. The quantitative estimate of drug-likeness (QED) is 0.289. The number of rotatable bonds is 4. The third-order valence-electron chi connectivity index (χ3n) is 7.01. The lowest BCUT2D eigenvalue weighted by molar-refractivity contribution is 0.144. The normalized spacial score (nSPS) is 18.0. The van der Waals surface area contributed by atoms with Crippen LogP contribution in [-0.4, -0.2) is 5.11 Å². The minimum Gasteiger partial charge on any atom is -0.472 e. The molecular weight excluding hydrogens is 440 g/mol. The molecule has 0 aromatic heterocycles. The molecule has 1 aliphatic rings. The zero-order valence-electron chi connectivity index (χ0n) is 19.6. The number of ether oxygens (including phenoxy) is 1. The lowest BCUT2D eigenvalue weighted by Gasteiger charge is -2.37. The van der Waals surface area contributed by atoms with Crippen molar-refractivity contribution in [3.63, 3.8) is 0 Å². The third-order valence-corrected chi connectivity index (χ3v) is 7.01. The van der Waals surface area contributed by atoms with Gasteiger partial charge in [0.05, 0.1) is 0 Å². The van der Waals surface area contributed by atoms with E-state index in [0.717, 1.165) is 33.2 Å². The molecule has 2 atom stereocenters. The number of benzene rings is 5. The zero-order chi connectivity index (χ0) is 24.6. The van der Waals surface area contributed by atoms with Crippen molar-refractivity contribution in [3.8, 4) is 18.1 Å². The number of aliphatic hydroxyl groups is 1. The van der Waals surface area contributed by atoms with E-state index in [4.69, 9.17) is 11.2 Å². The maximum absolute atomic E-state index is 11.4. The fraction of sp³-hybridized carbons (Fsp3) is 0.0588. The highest BCUT2D eigenvalue weighted by atomic mass is 16.5. The molecule has 0 radical (unpaired) electrons. The van der Waals surface area contributed by atoms with E-state index in [-0.39, 0.29) is 0 Å². The van der Waals surface area contributed by atoms with E-state index in [9.17, 15) is 5.11 Å². The summed E-state index contributed by atoms with van der Waals surface area (Å²) >= 11 is 0. The van der Waals surface area contributed by atoms with Gasteiger partial charge in [0.25, 0.3) is 0 Å². The van der Waals surface area contributed by atoms with E-state index < -0.39 is 11.2 Å². The van der Waals surface area contributed by atoms with Crippen LogP contribution in [0.1, 0.15) is 27.8 Å². The molecule has 0 saturated heterocycles. The SMILES string of the molecule is C#CC(O)(c1ccccc1)c1ccc(C2(c3ccccc3)C=Cc3ccc4ccccc4c3O2)cc1. The lowest BCUT2D eigenvalue weighted by Crippen LogP contribution is -2.34. The molecule has 6 rings (SSSR count). The van der Waals surface area contributed by atoms with Crippen molar-refractivity contribution in [1.29, 1.82) is 0 Å². The van der Waals surface area contributed by atoms with Crippen molar-refractivity contribution in [1.82, 2.24) is 0 Å². The minimum atomic E-state index is -1.52. The fourth-order valence-corrected chi connectivity index (χ4v) is 5.04. The molecule has 0 spiro atoms. The summed E-state index contributed by atoms with van der Waals surface area (Å²) in [6.07, 6.45) is 10.1. The molecule has 1 N–H and O–H groups in total. The van der Waals surface area contributed by atoms with Crippen molar-refractivity contribution in [2.45, 2.75) is 11.2 Å². The Morgan fingerprint density at radius 1 is 0.667 bits per heavy atom. The van der Waals surface area contributed by atoms with E-state index in [1.165, 1.54) is 0 Å². The second-order valence-electron chi connectivity index (χ2n) is 9.04. The predicted octanol–water partition coefficient (Wildman–Crippen LogP) is 7.06. The summed E-state index contributed by atoms with van der Waals surface area (Å²) in [5.74, 6) is 3.45. The second-order valence-corrected chi connectivity index (χ2v) is 9.04. The van der Waals surface area contributed by atoms with Crippen LogP contribution in [0.25, 0.3) is 16.8 Å². The van der Waals surface area contributed by atoms with Crippen LogP contribution in [0.4, 0.5) is 0 Å². The van der Waals surface area contributed by atoms with Crippen molar-refractivity contribution in [2.24, 2.45) is 0 Å². The number of terminal acetylenes is 1. The van der Waals surface area contributed by atoms with E-state index in [0.29, 0.717) is 11.1 Å². The topological polar surface area (TPSA) is 29.5 Å². The van der Waals surface area contributed by atoms with Crippen molar-refractivity contribution in [2.75, 3.05) is 0 Å². The van der Waals surface area contributed by atoms with Gasteiger partial charge in [0.15, 0.2) is 11.2 Å². The van der Waals surface area contributed by atoms with Gasteiger partial charge in [-0.25, -0.2) is 0 Å². The van der Waals surface area contributed by atoms with Crippen LogP contribution in [0.5, 0.6) is 5.75 Å². The maximum Gasteiger partial charge on any atom is 0.178 e. The average Bonchev–Trinajstić information content (AvgIpc) is 2.97. The van der Waals surface area contributed by atoms with E-state index in [1.807, 2.05) is 84.9 Å². The van der Waals surface area contributed by atoms with Crippen LogP contribution in [0.3, 0.4) is 0 Å². The summed E-state index contributed by atoms with van der Waals surface area (Å²) < 4.78 is 6.95. The van der Waals surface area contributed by atoms with Gasteiger partial charge in [-0.2, -0.15) is 0 Å². The minimum absolute atomic E-state index is 0.633. The first-order chi connectivity index (χ1) is 17.6. The molecule has 36 heavy (non-hydrogen) atoms. The van der Waals surface area contributed by atoms with Gasteiger partial charge in [-0.05, 0) is 11.5 Å². The molecule has 0 fully saturated rings. The first-order valence-corrected chi connectivity index (χ1v) is 12.0. The molecule has 0 saturated carbocycles. The van der Waals surface area contributed by atoms with Crippen molar-refractivity contribution in [3.05, 3.63) is 155 Å². The second kappa shape index (κ2) is 8.57. The predicted molar refractivity (Wildman–Crippen MR) is 146 cm³/mol. The summed E-state index contributed by atoms with van der Waals surface area (Å²) in [7, 11) is 0. The van der Waals surface area contributed by atoms with Gasteiger partial charge in [-0.1, -0.05) is 133 Å². The van der Waals surface area contributed by atoms with E-state index in [1.54, 1.807) is 0 Å². The monoisotopic (exact) mass is 464 g/mol. The third kappa shape index (κ3) is 3.41. The Morgan fingerprint density at radius 2 is 1.28 bits per heavy atom. The van der Waals surface area contributed by atoms with Crippen LogP contribution in [0, 0.1) is 12.3 Å². The zero-order valence-corrected chi connectivity index (χ0v) is 19.6. The highest BCUT2D eigenvalue weighted by molar-refractivity contribution is 5.92.